The second-order valence-corrected chi connectivity index (χ2v) is 5.53. The van der Waals surface area contributed by atoms with Gasteiger partial charge in [0.2, 0.25) is 0 Å². The predicted octanol–water partition coefficient (Wildman–Crippen LogP) is 3.12. The monoisotopic (exact) mass is 342 g/mol. The van der Waals surface area contributed by atoms with Crippen LogP contribution >= 0.6 is 0 Å². The molecule has 1 aliphatic carbocycles. The summed E-state index contributed by atoms with van der Waals surface area (Å²) >= 11 is 0. The van der Waals surface area contributed by atoms with Crippen LogP contribution in [0.3, 0.4) is 0 Å². The van der Waals surface area contributed by atoms with Gasteiger partial charge in [0.05, 0.1) is 12.3 Å². The fourth-order valence-corrected chi connectivity index (χ4v) is 2.24. The molecule has 0 unspecified atom stereocenters. The Bertz CT molecular complexity index is 690. The molecule has 0 atom stereocenters. The molecule has 0 aromatic heterocycles. The van der Waals surface area contributed by atoms with E-state index in [9.17, 15) is 4.79 Å². The molecule has 1 aromatic rings. The highest BCUT2D eigenvalue weighted by Gasteiger charge is 2.17. The molecule has 0 saturated carbocycles. The fraction of sp³-hybridized carbons (Fsp3) is 0.316. The van der Waals surface area contributed by atoms with Gasteiger partial charge in [0, 0.05) is 36.6 Å². The number of ketones is 1. The number of nitrogens with one attached hydrogen (secondary N) is 2. The third-order valence-electron chi connectivity index (χ3n) is 3.65. The Morgan fingerprint density at radius 3 is 2.56 bits per heavy atom. The van der Waals surface area contributed by atoms with Crippen LogP contribution in [-0.2, 0) is 14.3 Å². The van der Waals surface area contributed by atoms with Gasteiger partial charge in [0.1, 0.15) is 24.0 Å². The highest BCUT2D eigenvalue weighted by Crippen LogP contribution is 2.26. The van der Waals surface area contributed by atoms with Gasteiger partial charge < -0.3 is 20.5 Å². The first-order valence-electron chi connectivity index (χ1n) is 8.30. The number of Topliss-reactive ketones (excluding diaryl/α,β-unsaturated/α-hetero) is 1. The van der Waals surface area contributed by atoms with Crippen molar-refractivity contribution in [3.05, 3.63) is 59.5 Å². The summed E-state index contributed by atoms with van der Waals surface area (Å²) in [4.78, 5) is 11.4. The van der Waals surface area contributed by atoms with Crippen molar-refractivity contribution in [2.24, 2.45) is 5.73 Å². The topological polar surface area (TPSA) is 97.4 Å². The molecule has 0 bridgehead atoms. The average molecular weight is 342 g/mol. The van der Waals surface area contributed by atoms with Crippen LogP contribution in [0.2, 0.25) is 0 Å². The van der Waals surface area contributed by atoms with Crippen LogP contribution < -0.4 is 11.1 Å². The Hall–Kier alpha value is -2.76. The number of rotatable bonds is 9. The van der Waals surface area contributed by atoms with Gasteiger partial charge in [-0.1, -0.05) is 6.92 Å². The summed E-state index contributed by atoms with van der Waals surface area (Å²) < 4.78 is 11.2. The molecule has 25 heavy (non-hydrogen) atoms. The number of anilines is 1. The summed E-state index contributed by atoms with van der Waals surface area (Å²) in [5.41, 5.74) is 7.85. The molecule has 0 amide bonds. The lowest BCUT2D eigenvalue weighted by Crippen LogP contribution is -2.14. The van der Waals surface area contributed by atoms with Gasteiger partial charge in [-0.3, -0.25) is 10.2 Å². The van der Waals surface area contributed by atoms with Crippen LogP contribution in [0.4, 0.5) is 5.69 Å². The Balaban J connectivity index is 2.11. The van der Waals surface area contributed by atoms with E-state index in [1.807, 2.05) is 38.5 Å². The number of carbonyl (C=O) groups excluding carboxylic acids is 1. The molecule has 0 saturated heterocycles. The summed E-state index contributed by atoms with van der Waals surface area (Å²) in [7, 11) is 0. The molecule has 0 fully saturated rings. The Labute approximate surface area is 148 Å². The van der Waals surface area contributed by atoms with Gasteiger partial charge in [-0.25, -0.2) is 0 Å². The second kappa shape index (κ2) is 8.92. The number of hydrogen-bond acceptors (Lipinski definition) is 5. The minimum absolute atomic E-state index is 0.0383. The maximum Gasteiger partial charge on any atom is 0.169 e. The molecule has 6 heteroatoms. The van der Waals surface area contributed by atoms with E-state index in [1.54, 1.807) is 12.1 Å². The summed E-state index contributed by atoms with van der Waals surface area (Å²) in [5, 5.41) is 10.7. The molecule has 133 valence electrons. The number of hydrogen-bond donors (Lipinski definition) is 3. The van der Waals surface area contributed by atoms with E-state index in [0.29, 0.717) is 36.5 Å². The first-order valence-corrected chi connectivity index (χ1v) is 8.30. The first kappa shape index (κ1) is 18.6. The van der Waals surface area contributed by atoms with Gasteiger partial charge in [-0.15, -0.1) is 0 Å². The molecular weight excluding hydrogens is 318 g/mol. The molecular formula is C19H24N3O3. The lowest BCUT2D eigenvalue weighted by molar-refractivity contribution is -0.122. The quantitative estimate of drug-likeness (QED) is 0.473. The Kier molecular flexibility index (Phi) is 6.62. The van der Waals surface area contributed by atoms with E-state index in [4.69, 9.17) is 20.6 Å². The first-order chi connectivity index (χ1) is 12.0. The van der Waals surface area contributed by atoms with Crippen LogP contribution in [0.1, 0.15) is 32.3 Å². The third kappa shape index (κ3) is 5.38. The van der Waals surface area contributed by atoms with Crippen molar-refractivity contribution in [3.8, 4) is 0 Å². The SMILES string of the molecule is CCOC1=C(Nc2ccc(C(=N)N)cc2)[CH]CC(OCC(=O)CC)=C1. The third-order valence-corrected chi connectivity index (χ3v) is 3.65. The number of nitrogen functional groups attached to an aromatic ring is 1. The highest BCUT2D eigenvalue weighted by molar-refractivity contribution is 5.95. The number of benzene rings is 1. The lowest BCUT2D eigenvalue weighted by Gasteiger charge is -2.21. The Morgan fingerprint density at radius 1 is 1.24 bits per heavy atom. The molecule has 1 radical (unpaired) electrons. The van der Waals surface area contributed by atoms with E-state index >= 15 is 0 Å². The normalized spacial score (nSPS) is 13.9. The number of allylic oxidation sites excluding steroid dienone is 3. The molecule has 0 spiro atoms. The fourth-order valence-electron chi connectivity index (χ4n) is 2.24. The van der Waals surface area contributed by atoms with Crippen LogP contribution in [-0.4, -0.2) is 24.8 Å². The number of amidine groups is 1. The maximum absolute atomic E-state index is 11.4. The predicted molar refractivity (Wildman–Crippen MR) is 98.0 cm³/mol. The number of nitrogens with two attached hydrogens (primary N) is 1. The molecule has 0 heterocycles. The number of ether oxygens (including phenoxy) is 2. The summed E-state index contributed by atoms with van der Waals surface area (Å²) in [5.74, 6) is 1.49. The zero-order valence-electron chi connectivity index (χ0n) is 14.6. The average Bonchev–Trinajstić information content (AvgIpc) is 2.62. The summed E-state index contributed by atoms with van der Waals surface area (Å²) in [6, 6.07) is 7.29. The van der Waals surface area contributed by atoms with Gasteiger partial charge in [0.25, 0.3) is 0 Å². The smallest absolute Gasteiger partial charge is 0.169 e. The minimum Gasteiger partial charge on any atom is -0.492 e. The van der Waals surface area contributed by atoms with Crippen LogP contribution in [0.15, 0.2) is 47.6 Å². The minimum atomic E-state index is 0.0383. The summed E-state index contributed by atoms with van der Waals surface area (Å²) in [6.45, 7) is 4.34. The van der Waals surface area contributed by atoms with Crippen molar-refractivity contribution < 1.29 is 14.3 Å². The van der Waals surface area contributed by atoms with Crippen LogP contribution in [0.5, 0.6) is 0 Å². The van der Waals surface area contributed by atoms with Gasteiger partial charge >= 0.3 is 0 Å². The van der Waals surface area contributed by atoms with Crippen LogP contribution in [0, 0.1) is 11.8 Å². The largest absolute Gasteiger partial charge is 0.492 e. The zero-order valence-corrected chi connectivity index (χ0v) is 14.6. The van der Waals surface area contributed by atoms with Crippen molar-refractivity contribution in [2.75, 3.05) is 18.5 Å². The van der Waals surface area contributed by atoms with E-state index in [-0.39, 0.29) is 18.2 Å². The molecule has 6 nitrogen and oxygen atoms in total. The van der Waals surface area contributed by atoms with E-state index in [2.05, 4.69) is 5.32 Å². The molecule has 2 rings (SSSR count). The standard InChI is InChI=1S/C19H24N3O3/c1-3-15(23)12-25-16-9-10-17(18(11-16)24-4-2)22-14-7-5-13(6-8-14)19(20)21/h5-8,10-11,22H,3-4,9,12H2,1-2H3,(H3,20,21). The van der Waals surface area contributed by atoms with Crippen molar-refractivity contribution >= 4 is 17.3 Å². The lowest BCUT2D eigenvalue weighted by atomic mass is 10.1. The van der Waals surface area contributed by atoms with Crippen LogP contribution in [0.25, 0.3) is 0 Å². The van der Waals surface area contributed by atoms with Crippen molar-refractivity contribution in [2.45, 2.75) is 26.7 Å². The molecule has 0 aliphatic heterocycles. The van der Waals surface area contributed by atoms with Gasteiger partial charge in [0.15, 0.2) is 5.78 Å². The molecule has 4 N–H and O–H groups in total. The van der Waals surface area contributed by atoms with Crippen molar-refractivity contribution in [1.82, 2.24) is 0 Å². The van der Waals surface area contributed by atoms with Gasteiger partial charge in [-0.2, -0.15) is 0 Å². The van der Waals surface area contributed by atoms with Crippen molar-refractivity contribution in [1.29, 1.82) is 5.41 Å². The highest BCUT2D eigenvalue weighted by atomic mass is 16.5. The van der Waals surface area contributed by atoms with Gasteiger partial charge in [-0.05, 0) is 31.2 Å². The maximum atomic E-state index is 11.4. The zero-order chi connectivity index (χ0) is 18.2. The van der Waals surface area contributed by atoms with Crippen molar-refractivity contribution in [3.63, 3.8) is 0 Å². The molecule has 1 aliphatic rings. The van der Waals surface area contributed by atoms with E-state index < -0.39 is 0 Å². The second-order valence-electron chi connectivity index (χ2n) is 5.53. The molecule has 1 aromatic carbocycles. The van der Waals surface area contributed by atoms with E-state index in [1.165, 1.54) is 0 Å². The van der Waals surface area contributed by atoms with E-state index in [0.717, 1.165) is 11.4 Å². The summed E-state index contributed by atoms with van der Waals surface area (Å²) in [6.07, 6.45) is 4.84. The Morgan fingerprint density at radius 2 is 1.96 bits per heavy atom. The number of carbonyl (C=O) groups is 1.